The minimum Gasteiger partial charge on any atom is -0.355 e. The predicted molar refractivity (Wildman–Crippen MR) is 110 cm³/mol. The third-order valence-corrected chi connectivity index (χ3v) is 5.72. The number of aromatic nitrogens is 3. The van der Waals surface area contributed by atoms with E-state index in [9.17, 15) is 18.0 Å². The summed E-state index contributed by atoms with van der Waals surface area (Å²) in [6.45, 7) is 5.73. The minimum atomic E-state index is -4.49. The molecule has 1 atom stereocenters. The van der Waals surface area contributed by atoms with E-state index in [1.54, 1.807) is 25.2 Å². The number of nitrogens with zero attached hydrogens (tertiary/aromatic N) is 3. The maximum Gasteiger partial charge on any atom is 0.435 e. The fourth-order valence-electron chi connectivity index (χ4n) is 3.06. The zero-order valence-electron chi connectivity index (χ0n) is 17.0. The first kappa shape index (κ1) is 22.0. The van der Waals surface area contributed by atoms with Crippen LogP contribution in [0.25, 0.3) is 11.3 Å². The SMILES string of the molecule is Cc1sc(CCNC(=O)C(C)Cn2nc(C(F)(F)F)cc2C)nc1-c1ccccc1. The fourth-order valence-corrected chi connectivity index (χ4v) is 4.02. The summed E-state index contributed by atoms with van der Waals surface area (Å²) in [6.07, 6.45) is -3.90. The van der Waals surface area contributed by atoms with Gasteiger partial charge in [0.15, 0.2) is 5.69 Å². The van der Waals surface area contributed by atoms with Gasteiger partial charge in [0, 0.05) is 29.1 Å². The normalized spacial score (nSPS) is 12.7. The van der Waals surface area contributed by atoms with Gasteiger partial charge in [0.25, 0.3) is 0 Å². The quantitative estimate of drug-likeness (QED) is 0.587. The number of hydrogen-bond donors (Lipinski definition) is 1. The summed E-state index contributed by atoms with van der Waals surface area (Å²) >= 11 is 1.60. The number of carbonyl (C=O) groups excluding carboxylic acids is 1. The maximum atomic E-state index is 12.8. The van der Waals surface area contributed by atoms with Gasteiger partial charge in [0.05, 0.1) is 23.2 Å². The van der Waals surface area contributed by atoms with Crippen LogP contribution >= 0.6 is 11.3 Å². The Balaban J connectivity index is 1.53. The van der Waals surface area contributed by atoms with E-state index in [-0.39, 0.29) is 12.5 Å². The molecule has 5 nitrogen and oxygen atoms in total. The van der Waals surface area contributed by atoms with Crippen molar-refractivity contribution in [1.82, 2.24) is 20.1 Å². The molecule has 160 valence electrons. The molecule has 1 unspecified atom stereocenters. The number of halogens is 3. The average Bonchev–Trinajstić information content (AvgIpc) is 3.25. The van der Waals surface area contributed by atoms with Crippen LogP contribution in [0.4, 0.5) is 13.2 Å². The van der Waals surface area contributed by atoms with Gasteiger partial charge in [-0.2, -0.15) is 18.3 Å². The number of nitrogens with one attached hydrogen (secondary N) is 1. The Kier molecular flexibility index (Phi) is 6.60. The molecule has 1 aromatic carbocycles. The van der Waals surface area contributed by atoms with Gasteiger partial charge < -0.3 is 5.32 Å². The first-order valence-corrected chi connectivity index (χ1v) is 10.4. The van der Waals surface area contributed by atoms with Crippen molar-refractivity contribution in [3.63, 3.8) is 0 Å². The minimum absolute atomic E-state index is 0.0856. The molecule has 9 heteroatoms. The van der Waals surface area contributed by atoms with E-state index in [0.717, 1.165) is 27.2 Å². The van der Waals surface area contributed by atoms with E-state index >= 15 is 0 Å². The zero-order valence-corrected chi connectivity index (χ0v) is 17.8. The molecule has 2 aromatic heterocycles. The topological polar surface area (TPSA) is 59.8 Å². The summed E-state index contributed by atoms with van der Waals surface area (Å²) in [4.78, 5) is 18.1. The van der Waals surface area contributed by atoms with Gasteiger partial charge in [0.1, 0.15) is 0 Å². The van der Waals surface area contributed by atoms with E-state index < -0.39 is 17.8 Å². The van der Waals surface area contributed by atoms with E-state index in [1.165, 1.54) is 4.68 Å². The van der Waals surface area contributed by atoms with Crippen LogP contribution in [0.5, 0.6) is 0 Å². The average molecular weight is 437 g/mol. The van der Waals surface area contributed by atoms with Gasteiger partial charge in [-0.1, -0.05) is 37.3 Å². The van der Waals surface area contributed by atoms with Crippen molar-refractivity contribution in [2.45, 2.75) is 39.9 Å². The molecule has 0 saturated heterocycles. The third-order valence-electron chi connectivity index (χ3n) is 4.69. The van der Waals surface area contributed by atoms with Crippen molar-refractivity contribution < 1.29 is 18.0 Å². The second kappa shape index (κ2) is 8.99. The maximum absolute atomic E-state index is 12.8. The van der Waals surface area contributed by atoms with E-state index in [2.05, 4.69) is 15.4 Å². The summed E-state index contributed by atoms with van der Waals surface area (Å²) in [7, 11) is 0. The Morgan fingerprint density at radius 1 is 1.23 bits per heavy atom. The third kappa shape index (κ3) is 5.27. The molecule has 0 radical (unpaired) electrons. The summed E-state index contributed by atoms with van der Waals surface area (Å²) in [5, 5.41) is 7.34. The van der Waals surface area contributed by atoms with Crippen LogP contribution in [0, 0.1) is 19.8 Å². The van der Waals surface area contributed by atoms with Crippen LogP contribution in [-0.4, -0.2) is 27.2 Å². The van der Waals surface area contributed by atoms with Gasteiger partial charge >= 0.3 is 6.18 Å². The van der Waals surface area contributed by atoms with Gasteiger partial charge in [-0.3, -0.25) is 9.48 Å². The molecule has 2 heterocycles. The Morgan fingerprint density at radius 3 is 2.57 bits per heavy atom. The molecule has 1 amide bonds. The lowest BCUT2D eigenvalue weighted by molar-refractivity contribution is -0.141. The van der Waals surface area contributed by atoms with Crippen molar-refractivity contribution in [3.8, 4) is 11.3 Å². The Labute approximate surface area is 177 Å². The highest BCUT2D eigenvalue weighted by Crippen LogP contribution is 2.29. The van der Waals surface area contributed by atoms with Gasteiger partial charge in [-0.15, -0.1) is 11.3 Å². The van der Waals surface area contributed by atoms with E-state index in [1.807, 2.05) is 37.3 Å². The molecule has 3 aromatic rings. The summed E-state index contributed by atoms with van der Waals surface area (Å²) < 4.78 is 39.6. The van der Waals surface area contributed by atoms with Crippen LogP contribution in [0.15, 0.2) is 36.4 Å². The zero-order chi connectivity index (χ0) is 21.9. The highest BCUT2D eigenvalue weighted by molar-refractivity contribution is 7.12. The Morgan fingerprint density at radius 2 is 1.93 bits per heavy atom. The molecule has 0 aliphatic heterocycles. The molecule has 30 heavy (non-hydrogen) atoms. The number of carbonyl (C=O) groups is 1. The molecule has 0 aliphatic carbocycles. The molecule has 3 rings (SSSR count). The van der Waals surface area contributed by atoms with Crippen LogP contribution < -0.4 is 5.32 Å². The van der Waals surface area contributed by atoms with Crippen molar-refractivity contribution >= 4 is 17.2 Å². The summed E-state index contributed by atoms with van der Waals surface area (Å²) in [6, 6.07) is 10.9. The Bertz CT molecular complexity index is 1010. The number of thiazole rings is 1. The molecule has 0 fully saturated rings. The van der Waals surface area contributed by atoms with Crippen LogP contribution in [0.2, 0.25) is 0 Å². The smallest absolute Gasteiger partial charge is 0.355 e. The molecular formula is C21H23F3N4OS. The second-order valence-corrected chi connectivity index (χ2v) is 8.46. The van der Waals surface area contributed by atoms with E-state index in [4.69, 9.17) is 0 Å². The number of benzene rings is 1. The van der Waals surface area contributed by atoms with Crippen LogP contribution in [0.3, 0.4) is 0 Å². The van der Waals surface area contributed by atoms with Gasteiger partial charge in [-0.25, -0.2) is 4.98 Å². The number of rotatable bonds is 7. The number of hydrogen-bond acceptors (Lipinski definition) is 4. The number of aryl methyl sites for hydroxylation is 2. The number of amides is 1. The Hall–Kier alpha value is -2.68. The summed E-state index contributed by atoms with van der Waals surface area (Å²) in [5.74, 6) is -0.738. The van der Waals surface area contributed by atoms with Crippen molar-refractivity contribution in [3.05, 3.63) is 57.7 Å². The fraction of sp³-hybridized carbons (Fsp3) is 0.381. The van der Waals surface area contributed by atoms with Gasteiger partial charge in [0.2, 0.25) is 5.91 Å². The lowest BCUT2D eigenvalue weighted by Crippen LogP contribution is -2.33. The lowest BCUT2D eigenvalue weighted by Gasteiger charge is -2.13. The molecular weight excluding hydrogens is 413 g/mol. The summed E-state index contributed by atoms with van der Waals surface area (Å²) in [5.41, 5.74) is 1.43. The van der Waals surface area contributed by atoms with Crippen LogP contribution in [0.1, 0.15) is 28.2 Å². The highest BCUT2D eigenvalue weighted by atomic mass is 32.1. The molecule has 0 bridgehead atoms. The lowest BCUT2D eigenvalue weighted by atomic mass is 10.1. The van der Waals surface area contributed by atoms with Gasteiger partial charge in [-0.05, 0) is 19.9 Å². The second-order valence-electron chi connectivity index (χ2n) is 7.17. The molecule has 0 saturated carbocycles. The van der Waals surface area contributed by atoms with Crippen molar-refractivity contribution in [1.29, 1.82) is 0 Å². The first-order valence-electron chi connectivity index (χ1n) is 9.56. The van der Waals surface area contributed by atoms with Crippen molar-refractivity contribution in [2.75, 3.05) is 6.54 Å². The molecule has 0 spiro atoms. The monoisotopic (exact) mass is 436 g/mol. The predicted octanol–water partition coefficient (Wildman–Crippen LogP) is 4.64. The highest BCUT2D eigenvalue weighted by Gasteiger charge is 2.34. The first-order chi connectivity index (χ1) is 14.1. The number of alkyl halides is 3. The standard InChI is InChI=1S/C21H23F3N4OS/c1-13(12-28-14(2)11-17(27-28)21(22,23)24)20(29)25-10-9-18-26-19(15(3)30-18)16-7-5-4-6-8-16/h4-8,11,13H,9-10,12H2,1-3H3,(H,25,29). The van der Waals surface area contributed by atoms with E-state index in [0.29, 0.717) is 18.7 Å². The largest absolute Gasteiger partial charge is 0.435 e. The van der Waals surface area contributed by atoms with Crippen molar-refractivity contribution in [2.24, 2.45) is 5.92 Å². The molecule has 0 aliphatic rings. The molecule has 1 N–H and O–H groups in total. The van der Waals surface area contributed by atoms with Crippen LogP contribution in [-0.2, 0) is 23.9 Å².